The Hall–Kier alpha value is -0.0431. The molecule has 0 aliphatic carbocycles. The summed E-state index contributed by atoms with van der Waals surface area (Å²) >= 11 is 0. The average Bonchev–Trinajstić information content (AvgIpc) is 1.86. The van der Waals surface area contributed by atoms with Crippen LogP contribution in [0.2, 0.25) is 12.1 Å². The van der Waals surface area contributed by atoms with E-state index in [1.54, 1.807) is 5.57 Å². The van der Waals surface area contributed by atoms with Crippen molar-refractivity contribution in [2.24, 2.45) is 0 Å². The molecule has 0 unspecified atom stereocenters. The number of allylic oxidation sites excluding steroid dienone is 2. The lowest BCUT2D eigenvalue weighted by atomic mass is 10.3. The zero-order valence-corrected chi connectivity index (χ0v) is 5.61. The molecule has 0 aromatic heterocycles. The number of hydrogen-bond donors (Lipinski definition) is 0. The molecular formula is C5H10Si. The lowest BCUT2D eigenvalue weighted by molar-refractivity contribution is 1.40. The summed E-state index contributed by atoms with van der Waals surface area (Å²) in [6.45, 7) is 2.24. The summed E-state index contributed by atoms with van der Waals surface area (Å²) in [5.41, 5.74) is 1.64. The van der Waals surface area contributed by atoms with E-state index in [2.05, 4.69) is 13.0 Å². The second-order valence-electron chi connectivity index (χ2n) is 1.94. The molecule has 1 aliphatic rings. The van der Waals surface area contributed by atoms with Gasteiger partial charge in [0, 0.05) is 9.52 Å². The van der Waals surface area contributed by atoms with Crippen LogP contribution in [-0.2, 0) is 0 Å². The molecule has 0 fully saturated rings. The monoisotopic (exact) mass is 98.1 g/mol. The predicted molar refractivity (Wildman–Crippen MR) is 31.9 cm³/mol. The van der Waals surface area contributed by atoms with Crippen molar-refractivity contribution in [3.05, 3.63) is 11.6 Å². The molecule has 1 rings (SSSR count). The Morgan fingerprint density at radius 3 is 2.83 bits per heavy atom. The molecule has 0 amide bonds. The van der Waals surface area contributed by atoms with Crippen molar-refractivity contribution < 1.29 is 0 Å². The van der Waals surface area contributed by atoms with Crippen LogP contribution in [0.3, 0.4) is 0 Å². The van der Waals surface area contributed by atoms with Gasteiger partial charge in [0.25, 0.3) is 0 Å². The van der Waals surface area contributed by atoms with Crippen LogP contribution in [0.1, 0.15) is 6.92 Å². The molecule has 0 bridgehead atoms. The third-order valence-electron chi connectivity index (χ3n) is 1.27. The van der Waals surface area contributed by atoms with Crippen molar-refractivity contribution in [2.45, 2.75) is 19.0 Å². The van der Waals surface area contributed by atoms with Crippen LogP contribution in [0.25, 0.3) is 0 Å². The van der Waals surface area contributed by atoms with Gasteiger partial charge in [-0.3, -0.25) is 0 Å². The molecule has 0 nitrogen and oxygen atoms in total. The van der Waals surface area contributed by atoms with E-state index in [4.69, 9.17) is 0 Å². The van der Waals surface area contributed by atoms with Crippen molar-refractivity contribution in [1.29, 1.82) is 0 Å². The van der Waals surface area contributed by atoms with Crippen LogP contribution in [0.5, 0.6) is 0 Å². The van der Waals surface area contributed by atoms with Crippen LogP contribution < -0.4 is 0 Å². The molecule has 0 atom stereocenters. The van der Waals surface area contributed by atoms with Gasteiger partial charge >= 0.3 is 0 Å². The van der Waals surface area contributed by atoms with Gasteiger partial charge < -0.3 is 0 Å². The molecule has 34 valence electrons. The summed E-state index contributed by atoms with van der Waals surface area (Å²) in [4.78, 5) is 0. The Labute approximate surface area is 41.1 Å². The third-order valence-corrected chi connectivity index (χ3v) is 3.11. The fraction of sp³-hybridized carbons (Fsp3) is 0.600. The highest BCUT2D eigenvalue weighted by Crippen LogP contribution is 2.09. The molecule has 1 aliphatic heterocycles. The predicted octanol–water partition coefficient (Wildman–Crippen LogP) is 0.952. The Kier molecular flexibility index (Phi) is 1.10. The first-order valence-electron chi connectivity index (χ1n) is 2.55. The van der Waals surface area contributed by atoms with Gasteiger partial charge in [0.15, 0.2) is 0 Å². The van der Waals surface area contributed by atoms with E-state index in [1.807, 2.05) is 0 Å². The summed E-state index contributed by atoms with van der Waals surface area (Å²) in [5, 5.41) is 0. The van der Waals surface area contributed by atoms with Gasteiger partial charge in [0.1, 0.15) is 0 Å². The summed E-state index contributed by atoms with van der Waals surface area (Å²) in [6, 6.07) is 2.95. The van der Waals surface area contributed by atoms with Gasteiger partial charge in [0.05, 0.1) is 0 Å². The van der Waals surface area contributed by atoms with Crippen LogP contribution in [0, 0.1) is 0 Å². The minimum Gasteiger partial charge on any atom is -0.0891 e. The topological polar surface area (TPSA) is 0 Å². The van der Waals surface area contributed by atoms with E-state index in [9.17, 15) is 0 Å². The summed E-state index contributed by atoms with van der Waals surface area (Å²) in [7, 11) is 0.403. The quantitative estimate of drug-likeness (QED) is 0.312. The van der Waals surface area contributed by atoms with Crippen molar-refractivity contribution in [2.75, 3.05) is 0 Å². The van der Waals surface area contributed by atoms with Crippen LogP contribution in [0.15, 0.2) is 11.6 Å². The van der Waals surface area contributed by atoms with Crippen molar-refractivity contribution in [1.82, 2.24) is 0 Å². The lowest BCUT2D eigenvalue weighted by Crippen LogP contribution is -1.73. The van der Waals surface area contributed by atoms with Crippen LogP contribution >= 0.6 is 0 Å². The summed E-state index contributed by atoms with van der Waals surface area (Å²) in [5.74, 6) is 0. The molecule has 6 heavy (non-hydrogen) atoms. The summed E-state index contributed by atoms with van der Waals surface area (Å²) in [6.07, 6.45) is 2.38. The van der Waals surface area contributed by atoms with Crippen LogP contribution in [-0.4, -0.2) is 9.52 Å². The van der Waals surface area contributed by atoms with Crippen LogP contribution in [0.4, 0.5) is 0 Å². The zero-order chi connectivity index (χ0) is 4.41. The van der Waals surface area contributed by atoms with E-state index in [-0.39, 0.29) is 0 Å². The SMILES string of the molecule is CC1=CC[SiH2]C1. The largest absolute Gasteiger partial charge is 0.0891 e. The maximum absolute atomic E-state index is 2.38. The highest BCUT2D eigenvalue weighted by atomic mass is 28.2. The van der Waals surface area contributed by atoms with Gasteiger partial charge in [-0.2, -0.15) is 0 Å². The normalized spacial score (nSPS) is 25.2. The van der Waals surface area contributed by atoms with Gasteiger partial charge in [0.2, 0.25) is 0 Å². The highest BCUT2D eigenvalue weighted by molar-refractivity contribution is 6.38. The van der Waals surface area contributed by atoms with E-state index < -0.39 is 0 Å². The molecule has 0 aromatic rings. The van der Waals surface area contributed by atoms with E-state index in [0.29, 0.717) is 9.52 Å². The molecule has 1 heterocycles. The van der Waals surface area contributed by atoms with Crippen molar-refractivity contribution >= 4 is 9.52 Å². The Morgan fingerprint density at radius 2 is 2.67 bits per heavy atom. The van der Waals surface area contributed by atoms with E-state index >= 15 is 0 Å². The highest BCUT2D eigenvalue weighted by Gasteiger charge is 1.95. The second kappa shape index (κ2) is 1.60. The standard InChI is InChI=1S/C5H10Si/c1-5-2-3-6-4-5/h2H,3-4,6H2,1H3. The van der Waals surface area contributed by atoms with E-state index in [0.717, 1.165) is 0 Å². The molecule has 0 saturated carbocycles. The number of rotatable bonds is 0. The Balaban J connectivity index is 2.45. The maximum atomic E-state index is 2.38. The van der Waals surface area contributed by atoms with Crippen molar-refractivity contribution in [3.63, 3.8) is 0 Å². The first-order chi connectivity index (χ1) is 2.89. The molecule has 1 heteroatoms. The first-order valence-corrected chi connectivity index (χ1v) is 4.55. The second-order valence-corrected chi connectivity index (χ2v) is 3.73. The first kappa shape index (κ1) is 4.12. The van der Waals surface area contributed by atoms with Gasteiger partial charge in [-0.25, -0.2) is 0 Å². The molecule has 0 radical (unpaired) electrons. The van der Waals surface area contributed by atoms with E-state index in [1.165, 1.54) is 12.1 Å². The summed E-state index contributed by atoms with van der Waals surface area (Å²) < 4.78 is 0. The molecule has 0 spiro atoms. The third kappa shape index (κ3) is 0.715. The number of hydrogen-bond acceptors (Lipinski definition) is 0. The molecule has 0 saturated heterocycles. The van der Waals surface area contributed by atoms with Gasteiger partial charge in [-0.1, -0.05) is 11.6 Å². The lowest BCUT2D eigenvalue weighted by Gasteiger charge is -1.79. The van der Waals surface area contributed by atoms with Gasteiger partial charge in [-0.05, 0) is 19.0 Å². The fourth-order valence-electron chi connectivity index (χ4n) is 0.831. The maximum Gasteiger partial charge on any atom is 0.0284 e. The molecule has 0 N–H and O–H groups in total. The Morgan fingerprint density at radius 1 is 1.83 bits per heavy atom. The average molecular weight is 98.2 g/mol. The fourth-order valence-corrected chi connectivity index (χ4v) is 2.49. The minimum atomic E-state index is 0.403. The van der Waals surface area contributed by atoms with Crippen molar-refractivity contribution in [3.8, 4) is 0 Å². The Bertz CT molecular complexity index is 74.0. The molecule has 0 aromatic carbocycles. The zero-order valence-electron chi connectivity index (χ0n) is 4.20. The smallest absolute Gasteiger partial charge is 0.0284 e. The molecular weight excluding hydrogens is 88.1 g/mol. The van der Waals surface area contributed by atoms with Gasteiger partial charge in [-0.15, -0.1) is 0 Å². The minimum absolute atomic E-state index is 0.403.